The Balaban J connectivity index is 2.04. The van der Waals surface area contributed by atoms with Gasteiger partial charge in [-0.1, -0.05) is 24.3 Å². The fourth-order valence-electron chi connectivity index (χ4n) is 2.79. The molecule has 0 radical (unpaired) electrons. The largest absolute Gasteiger partial charge is 0.493 e. The van der Waals surface area contributed by atoms with Crippen molar-refractivity contribution in [3.05, 3.63) is 69.3 Å². The maximum Gasteiger partial charge on any atom is 0.269 e. The Kier molecular flexibility index (Phi) is 9.60. The Bertz CT molecular complexity index is 855. The van der Waals surface area contributed by atoms with Crippen LogP contribution in [0.25, 0.3) is 0 Å². The summed E-state index contributed by atoms with van der Waals surface area (Å²) in [6.07, 6.45) is 0.824. The lowest BCUT2D eigenvalue weighted by Crippen LogP contribution is -2.36. The maximum atomic E-state index is 10.9. The molecule has 0 saturated heterocycles. The molecule has 0 aliphatic carbocycles. The highest BCUT2D eigenvalue weighted by Crippen LogP contribution is 2.20. The first-order valence-electron chi connectivity index (χ1n) is 10.00. The van der Waals surface area contributed by atoms with Crippen LogP contribution in [0.15, 0.2) is 47.5 Å². The van der Waals surface area contributed by atoms with E-state index in [1.54, 1.807) is 19.2 Å². The smallest absolute Gasteiger partial charge is 0.269 e. The number of aryl methyl sites for hydroxylation is 1. The van der Waals surface area contributed by atoms with E-state index < -0.39 is 4.92 Å². The van der Waals surface area contributed by atoms with E-state index in [4.69, 9.17) is 9.47 Å². The maximum absolute atomic E-state index is 10.9. The molecular formula is C22H30N4O4. The molecule has 8 heteroatoms. The van der Waals surface area contributed by atoms with E-state index in [2.05, 4.69) is 15.6 Å². The van der Waals surface area contributed by atoms with Crippen molar-refractivity contribution >= 4 is 11.6 Å². The van der Waals surface area contributed by atoms with Crippen LogP contribution in [0.1, 0.15) is 30.0 Å². The van der Waals surface area contributed by atoms with E-state index in [0.29, 0.717) is 38.8 Å². The van der Waals surface area contributed by atoms with Crippen LogP contribution in [0.3, 0.4) is 0 Å². The Labute approximate surface area is 177 Å². The molecule has 0 aliphatic heterocycles. The number of benzene rings is 2. The zero-order valence-corrected chi connectivity index (χ0v) is 17.8. The molecule has 162 valence electrons. The third-order valence-electron chi connectivity index (χ3n) is 4.30. The molecule has 0 bridgehead atoms. The summed E-state index contributed by atoms with van der Waals surface area (Å²) in [6, 6.07) is 12.6. The number of ether oxygens (including phenoxy) is 2. The normalized spacial score (nSPS) is 11.2. The van der Waals surface area contributed by atoms with Gasteiger partial charge in [0.1, 0.15) is 5.75 Å². The van der Waals surface area contributed by atoms with Gasteiger partial charge < -0.3 is 20.1 Å². The quantitative estimate of drug-likeness (QED) is 0.192. The van der Waals surface area contributed by atoms with Crippen molar-refractivity contribution in [3.63, 3.8) is 0 Å². The number of guanidine groups is 1. The molecular weight excluding hydrogens is 384 g/mol. The Morgan fingerprint density at radius 1 is 1.17 bits per heavy atom. The summed E-state index contributed by atoms with van der Waals surface area (Å²) in [5.41, 5.74) is 3.00. The van der Waals surface area contributed by atoms with Gasteiger partial charge in [0.2, 0.25) is 0 Å². The van der Waals surface area contributed by atoms with Gasteiger partial charge in [0.25, 0.3) is 5.69 Å². The lowest BCUT2D eigenvalue weighted by molar-refractivity contribution is -0.384. The van der Waals surface area contributed by atoms with Gasteiger partial charge in [-0.05, 0) is 31.0 Å². The van der Waals surface area contributed by atoms with Crippen LogP contribution in [0, 0.1) is 17.0 Å². The van der Waals surface area contributed by atoms with Gasteiger partial charge in [0.15, 0.2) is 5.96 Å². The van der Waals surface area contributed by atoms with Crippen molar-refractivity contribution in [2.45, 2.75) is 33.4 Å². The molecule has 0 aromatic heterocycles. The van der Waals surface area contributed by atoms with Crippen molar-refractivity contribution in [2.24, 2.45) is 4.99 Å². The minimum atomic E-state index is -0.401. The van der Waals surface area contributed by atoms with Crippen molar-refractivity contribution in [1.82, 2.24) is 10.6 Å². The molecule has 0 heterocycles. The number of nitrogens with one attached hydrogen (secondary N) is 2. The molecule has 0 fully saturated rings. The fraction of sp³-hybridized carbons (Fsp3) is 0.409. The van der Waals surface area contributed by atoms with Crippen LogP contribution < -0.4 is 15.4 Å². The molecule has 2 rings (SSSR count). The first-order chi connectivity index (χ1) is 14.5. The highest BCUT2D eigenvalue weighted by Gasteiger charge is 2.08. The molecule has 2 N–H and O–H groups in total. The average molecular weight is 415 g/mol. The number of nitrogens with zero attached hydrogens (tertiary/aromatic N) is 2. The summed E-state index contributed by atoms with van der Waals surface area (Å²) in [5.74, 6) is 1.48. The first kappa shape index (κ1) is 23.2. The van der Waals surface area contributed by atoms with E-state index in [9.17, 15) is 10.1 Å². The topological polar surface area (TPSA) is 98.0 Å². The van der Waals surface area contributed by atoms with E-state index in [1.165, 1.54) is 6.07 Å². The lowest BCUT2D eigenvalue weighted by atomic mass is 10.1. The minimum absolute atomic E-state index is 0.0654. The summed E-state index contributed by atoms with van der Waals surface area (Å²) >= 11 is 0. The van der Waals surface area contributed by atoms with Gasteiger partial charge in [-0.3, -0.25) is 10.1 Å². The number of nitro benzene ring substituents is 1. The number of nitro groups is 1. The van der Waals surface area contributed by atoms with Gasteiger partial charge in [0.05, 0.1) is 18.1 Å². The molecule has 0 amide bonds. The van der Waals surface area contributed by atoms with Crippen molar-refractivity contribution in [2.75, 3.05) is 26.9 Å². The SMILES string of the molecule is CCNC(=NCc1cccc([N+](=O)[O-])c1)NCc1ccc(C)cc1OCCCOC. The summed E-state index contributed by atoms with van der Waals surface area (Å²) in [4.78, 5) is 15.1. The zero-order valence-electron chi connectivity index (χ0n) is 17.8. The van der Waals surface area contributed by atoms with Crippen LogP contribution in [0.2, 0.25) is 0 Å². The molecule has 30 heavy (non-hydrogen) atoms. The molecule has 0 spiro atoms. The number of methoxy groups -OCH3 is 1. The number of aliphatic imine (C=N–C) groups is 1. The average Bonchev–Trinajstić information content (AvgIpc) is 2.74. The predicted molar refractivity (Wildman–Crippen MR) is 118 cm³/mol. The van der Waals surface area contributed by atoms with E-state index >= 15 is 0 Å². The monoisotopic (exact) mass is 414 g/mol. The molecule has 0 saturated carbocycles. The molecule has 0 unspecified atom stereocenters. The van der Waals surface area contributed by atoms with Gasteiger partial charge in [-0.25, -0.2) is 4.99 Å². The van der Waals surface area contributed by atoms with Gasteiger partial charge in [-0.2, -0.15) is 0 Å². The van der Waals surface area contributed by atoms with Crippen molar-refractivity contribution in [3.8, 4) is 5.75 Å². The molecule has 0 atom stereocenters. The minimum Gasteiger partial charge on any atom is -0.493 e. The van der Waals surface area contributed by atoms with E-state index in [-0.39, 0.29) is 5.69 Å². The molecule has 0 aliphatic rings. The Morgan fingerprint density at radius 3 is 2.73 bits per heavy atom. The number of hydrogen-bond acceptors (Lipinski definition) is 5. The summed E-state index contributed by atoms with van der Waals surface area (Å²) in [5, 5.41) is 17.5. The Hall–Kier alpha value is -3.13. The van der Waals surface area contributed by atoms with Crippen LogP contribution in [-0.2, 0) is 17.8 Å². The summed E-state index contributed by atoms with van der Waals surface area (Å²) in [6.45, 7) is 6.85. The standard InChI is InChI=1S/C22H30N4O4/c1-4-23-22(24-15-18-7-5-8-20(14-18)26(27)28)25-16-19-10-9-17(2)13-21(19)30-12-6-11-29-3/h5,7-10,13-14H,4,6,11-12,15-16H2,1-3H3,(H2,23,24,25). The summed E-state index contributed by atoms with van der Waals surface area (Å²) < 4.78 is 11.0. The third-order valence-corrected chi connectivity index (χ3v) is 4.30. The number of hydrogen-bond donors (Lipinski definition) is 2. The van der Waals surface area contributed by atoms with Crippen LogP contribution in [0.4, 0.5) is 5.69 Å². The zero-order chi connectivity index (χ0) is 21.8. The van der Waals surface area contributed by atoms with E-state index in [0.717, 1.165) is 28.9 Å². The van der Waals surface area contributed by atoms with Gasteiger partial charge in [-0.15, -0.1) is 0 Å². The number of rotatable bonds is 11. The van der Waals surface area contributed by atoms with Gasteiger partial charge >= 0.3 is 0 Å². The Morgan fingerprint density at radius 2 is 2.00 bits per heavy atom. The van der Waals surface area contributed by atoms with Crippen LogP contribution >= 0.6 is 0 Å². The summed E-state index contributed by atoms with van der Waals surface area (Å²) in [7, 11) is 1.68. The van der Waals surface area contributed by atoms with Crippen molar-refractivity contribution < 1.29 is 14.4 Å². The second kappa shape index (κ2) is 12.4. The third kappa shape index (κ3) is 7.71. The highest BCUT2D eigenvalue weighted by atomic mass is 16.6. The van der Waals surface area contributed by atoms with Gasteiger partial charge in [0, 0.05) is 50.9 Å². The first-order valence-corrected chi connectivity index (χ1v) is 10.00. The van der Waals surface area contributed by atoms with Crippen LogP contribution in [0.5, 0.6) is 5.75 Å². The highest BCUT2D eigenvalue weighted by molar-refractivity contribution is 5.79. The predicted octanol–water partition coefficient (Wildman–Crippen LogP) is 3.57. The lowest BCUT2D eigenvalue weighted by Gasteiger charge is -2.15. The fourth-order valence-corrected chi connectivity index (χ4v) is 2.79. The van der Waals surface area contributed by atoms with Crippen molar-refractivity contribution in [1.29, 1.82) is 0 Å². The second-order valence-corrected chi connectivity index (χ2v) is 6.78. The molecule has 8 nitrogen and oxygen atoms in total. The molecule has 2 aromatic carbocycles. The number of non-ortho nitro benzene ring substituents is 1. The van der Waals surface area contributed by atoms with Crippen LogP contribution in [-0.4, -0.2) is 37.8 Å². The second-order valence-electron chi connectivity index (χ2n) is 6.78. The molecule has 2 aromatic rings. The van der Waals surface area contributed by atoms with E-state index in [1.807, 2.05) is 38.1 Å².